The maximum atomic E-state index is 11.9. The van der Waals surface area contributed by atoms with E-state index in [1.165, 1.54) is 0 Å². The summed E-state index contributed by atoms with van der Waals surface area (Å²) in [6, 6.07) is 15.8. The molecule has 0 saturated carbocycles. The van der Waals surface area contributed by atoms with Crippen molar-refractivity contribution in [3.05, 3.63) is 75.7 Å². The van der Waals surface area contributed by atoms with Gasteiger partial charge in [-0.15, -0.1) is 5.10 Å². The van der Waals surface area contributed by atoms with Gasteiger partial charge >= 0.3 is 11.7 Å². The predicted molar refractivity (Wildman–Crippen MR) is 100 cm³/mol. The van der Waals surface area contributed by atoms with Crippen molar-refractivity contribution in [3.63, 3.8) is 0 Å². The van der Waals surface area contributed by atoms with Crippen molar-refractivity contribution in [1.82, 2.24) is 15.1 Å². The van der Waals surface area contributed by atoms with Crippen LogP contribution in [-0.2, 0) is 27.4 Å². The molecule has 3 aromatic rings. The zero-order valence-electron chi connectivity index (χ0n) is 14.6. The van der Waals surface area contributed by atoms with E-state index < -0.39 is 30.8 Å². The molecule has 0 atom stereocenters. The summed E-state index contributed by atoms with van der Waals surface area (Å²) < 4.78 is 10.7. The molecule has 9 heteroatoms. The Kier molecular flexibility index (Phi) is 6.23. The first-order valence-electron chi connectivity index (χ1n) is 8.31. The second-order valence-corrected chi connectivity index (χ2v) is 6.20. The molecule has 0 spiro atoms. The van der Waals surface area contributed by atoms with E-state index in [-0.39, 0.29) is 12.4 Å². The molecular formula is C19H16ClN3O5. The van der Waals surface area contributed by atoms with E-state index in [9.17, 15) is 14.4 Å². The summed E-state index contributed by atoms with van der Waals surface area (Å²) in [5.41, 5.74) is 1.42. The minimum Gasteiger partial charge on any atom is -0.454 e. The highest BCUT2D eigenvalue weighted by molar-refractivity contribution is 6.30. The number of nitrogens with one attached hydrogen (secondary N) is 1. The van der Waals surface area contributed by atoms with Crippen LogP contribution >= 0.6 is 11.6 Å². The Hall–Kier alpha value is -3.39. The highest BCUT2D eigenvalue weighted by Crippen LogP contribution is 2.14. The van der Waals surface area contributed by atoms with Gasteiger partial charge in [0.25, 0.3) is 5.91 Å². The number of ether oxygens (including phenoxy) is 1. The second-order valence-electron chi connectivity index (χ2n) is 5.76. The standard InChI is InChI=1S/C19H16ClN3O5/c20-15-8-4-5-13(9-15)10-21-16(24)12-27-17(25)11-23-19(26)28-18(22-23)14-6-2-1-3-7-14/h1-9H,10-12H2,(H,21,24). The Morgan fingerprint density at radius 3 is 2.68 bits per heavy atom. The van der Waals surface area contributed by atoms with Crippen LogP contribution < -0.4 is 11.1 Å². The Morgan fingerprint density at radius 1 is 1.14 bits per heavy atom. The molecule has 8 nitrogen and oxygen atoms in total. The van der Waals surface area contributed by atoms with E-state index in [0.29, 0.717) is 10.6 Å². The maximum absolute atomic E-state index is 11.9. The maximum Gasteiger partial charge on any atom is 0.437 e. The molecule has 0 bridgehead atoms. The number of carbonyl (C=O) groups is 2. The van der Waals surface area contributed by atoms with Crippen molar-refractivity contribution >= 4 is 23.5 Å². The number of hydrogen-bond acceptors (Lipinski definition) is 6. The van der Waals surface area contributed by atoms with Gasteiger partial charge in [0.1, 0.15) is 6.54 Å². The lowest BCUT2D eigenvalue weighted by atomic mass is 10.2. The first-order valence-corrected chi connectivity index (χ1v) is 8.69. The third-order valence-corrected chi connectivity index (χ3v) is 3.88. The van der Waals surface area contributed by atoms with Gasteiger partial charge in [-0.05, 0) is 29.8 Å². The van der Waals surface area contributed by atoms with Crippen LogP contribution in [-0.4, -0.2) is 28.3 Å². The number of aromatic nitrogens is 2. The fourth-order valence-electron chi connectivity index (χ4n) is 2.32. The van der Waals surface area contributed by atoms with E-state index in [1.807, 2.05) is 6.07 Å². The molecule has 144 valence electrons. The van der Waals surface area contributed by atoms with E-state index in [4.69, 9.17) is 20.8 Å². The van der Waals surface area contributed by atoms with Crippen molar-refractivity contribution in [3.8, 4) is 11.5 Å². The van der Waals surface area contributed by atoms with Gasteiger partial charge in [0, 0.05) is 17.1 Å². The van der Waals surface area contributed by atoms with Gasteiger partial charge in [0.15, 0.2) is 6.61 Å². The zero-order valence-corrected chi connectivity index (χ0v) is 15.4. The van der Waals surface area contributed by atoms with Gasteiger partial charge < -0.3 is 14.5 Å². The number of rotatable bonds is 7. The smallest absolute Gasteiger partial charge is 0.437 e. The van der Waals surface area contributed by atoms with Gasteiger partial charge in [-0.3, -0.25) is 9.59 Å². The minimum atomic E-state index is -0.791. The summed E-state index contributed by atoms with van der Waals surface area (Å²) in [7, 11) is 0. The van der Waals surface area contributed by atoms with Gasteiger partial charge in [0.2, 0.25) is 5.89 Å². The van der Waals surface area contributed by atoms with E-state index in [1.54, 1.807) is 48.5 Å². The van der Waals surface area contributed by atoms with E-state index >= 15 is 0 Å². The molecule has 0 unspecified atom stereocenters. The molecule has 1 aromatic heterocycles. The fraction of sp³-hybridized carbons (Fsp3) is 0.158. The molecule has 0 aliphatic rings. The molecule has 2 aromatic carbocycles. The van der Waals surface area contributed by atoms with Gasteiger partial charge in [-0.1, -0.05) is 41.9 Å². The van der Waals surface area contributed by atoms with E-state index in [0.717, 1.165) is 10.2 Å². The molecule has 3 rings (SSSR count). The number of halogens is 1. The number of carbonyl (C=O) groups excluding carboxylic acids is 2. The van der Waals surface area contributed by atoms with Crippen molar-refractivity contribution in [2.75, 3.05) is 6.61 Å². The minimum absolute atomic E-state index is 0.0951. The van der Waals surface area contributed by atoms with Crippen LogP contribution in [0.1, 0.15) is 5.56 Å². The van der Waals surface area contributed by atoms with Crippen LogP contribution in [0.4, 0.5) is 0 Å². The Bertz CT molecular complexity index is 1030. The number of esters is 1. The largest absolute Gasteiger partial charge is 0.454 e. The number of benzene rings is 2. The zero-order chi connectivity index (χ0) is 19.9. The van der Waals surface area contributed by atoms with Crippen LogP contribution in [0.2, 0.25) is 5.02 Å². The third-order valence-electron chi connectivity index (χ3n) is 3.65. The Morgan fingerprint density at radius 2 is 1.93 bits per heavy atom. The first kappa shape index (κ1) is 19.4. The number of amides is 1. The lowest BCUT2D eigenvalue weighted by Crippen LogP contribution is -2.30. The molecule has 1 amide bonds. The van der Waals surface area contributed by atoms with Crippen molar-refractivity contribution in [2.45, 2.75) is 13.1 Å². The van der Waals surface area contributed by atoms with Gasteiger partial charge in [-0.25, -0.2) is 4.79 Å². The summed E-state index contributed by atoms with van der Waals surface area (Å²) in [5, 5.41) is 7.12. The monoisotopic (exact) mass is 401 g/mol. The quantitative estimate of drug-likeness (QED) is 0.607. The first-order chi connectivity index (χ1) is 13.5. The van der Waals surface area contributed by atoms with Crippen LogP contribution in [0, 0.1) is 0 Å². The molecule has 28 heavy (non-hydrogen) atoms. The summed E-state index contributed by atoms with van der Waals surface area (Å²) >= 11 is 5.87. The summed E-state index contributed by atoms with van der Waals surface area (Å²) in [6.45, 7) is -0.686. The van der Waals surface area contributed by atoms with Crippen LogP contribution in [0.15, 0.2) is 63.8 Å². The summed E-state index contributed by atoms with van der Waals surface area (Å²) in [6.07, 6.45) is 0. The van der Waals surface area contributed by atoms with E-state index in [2.05, 4.69) is 10.4 Å². The average Bonchev–Trinajstić information content (AvgIpc) is 3.06. The van der Waals surface area contributed by atoms with Crippen LogP contribution in [0.5, 0.6) is 0 Å². The lowest BCUT2D eigenvalue weighted by Gasteiger charge is -2.06. The molecule has 0 aliphatic heterocycles. The molecule has 1 heterocycles. The van der Waals surface area contributed by atoms with Crippen molar-refractivity contribution in [2.24, 2.45) is 0 Å². The lowest BCUT2D eigenvalue weighted by molar-refractivity contribution is -0.149. The molecule has 1 N–H and O–H groups in total. The summed E-state index contributed by atoms with van der Waals surface area (Å²) in [5.74, 6) is -1.96. The molecule has 0 radical (unpaired) electrons. The Balaban J connectivity index is 1.48. The molecular weight excluding hydrogens is 386 g/mol. The average molecular weight is 402 g/mol. The highest BCUT2D eigenvalue weighted by Gasteiger charge is 2.15. The van der Waals surface area contributed by atoms with Gasteiger partial charge in [-0.2, -0.15) is 4.68 Å². The molecule has 0 aliphatic carbocycles. The third kappa shape index (κ3) is 5.31. The van der Waals surface area contributed by atoms with Crippen LogP contribution in [0.25, 0.3) is 11.5 Å². The molecule has 0 fully saturated rings. The SMILES string of the molecule is O=C(COC(=O)Cn1nc(-c2ccccc2)oc1=O)NCc1cccc(Cl)c1. The predicted octanol–water partition coefficient (Wildman–Crippen LogP) is 2.02. The Labute approximate surface area is 164 Å². The topological polar surface area (TPSA) is 103 Å². The highest BCUT2D eigenvalue weighted by atomic mass is 35.5. The number of hydrogen-bond donors (Lipinski definition) is 1. The van der Waals surface area contributed by atoms with Gasteiger partial charge in [0.05, 0.1) is 0 Å². The van der Waals surface area contributed by atoms with Crippen molar-refractivity contribution in [1.29, 1.82) is 0 Å². The van der Waals surface area contributed by atoms with Crippen molar-refractivity contribution < 1.29 is 18.7 Å². The number of nitrogens with zero attached hydrogens (tertiary/aromatic N) is 2. The fourth-order valence-corrected chi connectivity index (χ4v) is 2.53. The molecule has 0 saturated heterocycles. The normalized spacial score (nSPS) is 10.5. The van der Waals surface area contributed by atoms with Crippen LogP contribution in [0.3, 0.4) is 0 Å². The summed E-state index contributed by atoms with van der Waals surface area (Å²) in [4.78, 5) is 35.5. The second kappa shape index (κ2) is 9.01.